The quantitative estimate of drug-likeness (QED) is 0.703. The van der Waals surface area contributed by atoms with E-state index in [2.05, 4.69) is 15.3 Å². The molecule has 1 aromatic heterocycles. The molecule has 1 heterocycles. The SMILES string of the molecule is COc1ccc(C(Nc2ncc(C)cn2)c2cccc(S(C)(=O)=O)c2)cc1. The Hall–Kier alpha value is -2.93. The molecule has 0 spiro atoms. The van der Waals surface area contributed by atoms with Crippen molar-refractivity contribution in [2.75, 3.05) is 18.7 Å². The number of ether oxygens (including phenoxy) is 1. The van der Waals surface area contributed by atoms with E-state index in [9.17, 15) is 8.42 Å². The zero-order valence-electron chi connectivity index (χ0n) is 15.4. The Balaban J connectivity index is 2.04. The summed E-state index contributed by atoms with van der Waals surface area (Å²) in [6.45, 7) is 1.92. The lowest BCUT2D eigenvalue weighted by molar-refractivity contribution is 0.414. The molecule has 7 heteroatoms. The molecule has 0 fully saturated rings. The minimum absolute atomic E-state index is 0.269. The fourth-order valence-electron chi connectivity index (χ4n) is 2.68. The lowest BCUT2D eigenvalue weighted by Gasteiger charge is -2.20. The average Bonchev–Trinajstić information content (AvgIpc) is 2.67. The van der Waals surface area contributed by atoms with Gasteiger partial charge < -0.3 is 10.1 Å². The molecule has 0 saturated carbocycles. The third-order valence-corrected chi connectivity index (χ3v) is 5.23. The van der Waals surface area contributed by atoms with Crippen LogP contribution in [0.15, 0.2) is 65.8 Å². The van der Waals surface area contributed by atoms with Gasteiger partial charge in [0, 0.05) is 18.6 Å². The van der Waals surface area contributed by atoms with Crippen molar-refractivity contribution in [3.63, 3.8) is 0 Å². The van der Waals surface area contributed by atoms with Crippen LogP contribution in [0.3, 0.4) is 0 Å². The molecule has 0 radical (unpaired) electrons. The Morgan fingerprint density at radius 3 is 2.26 bits per heavy atom. The van der Waals surface area contributed by atoms with E-state index in [0.717, 1.165) is 22.4 Å². The van der Waals surface area contributed by atoms with Crippen molar-refractivity contribution in [3.05, 3.63) is 77.6 Å². The molecule has 1 N–H and O–H groups in total. The molecule has 0 amide bonds. The molecule has 0 aliphatic heterocycles. The van der Waals surface area contributed by atoms with E-state index in [1.54, 1.807) is 37.7 Å². The van der Waals surface area contributed by atoms with E-state index < -0.39 is 9.84 Å². The smallest absolute Gasteiger partial charge is 0.223 e. The third-order valence-electron chi connectivity index (χ3n) is 4.12. The molecule has 0 bridgehead atoms. The lowest BCUT2D eigenvalue weighted by atomic mass is 9.98. The third kappa shape index (κ3) is 4.62. The molecule has 0 saturated heterocycles. The van der Waals surface area contributed by atoms with Gasteiger partial charge in [-0.05, 0) is 47.9 Å². The van der Waals surface area contributed by atoms with Crippen molar-refractivity contribution >= 4 is 15.8 Å². The largest absolute Gasteiger partial charge is 0.497 e. The van der Waals surface area contributed by atoms with Crippen LogP contribution in [0.1, 0.15) is 22.7 Å². The van der Waals surface area contributed by atoms with Crippen molar-refractivity contribution < 1.29 is 13.2 Å². The van der Waals surface area contributed by atoms with Crippen LogP contribution in [0.5, 0.6) is 5.75 Å². The normalized spacial score (nSPS) is 12.4. The van der Waals surface area contributed by atoms with Gasteiger partial charge in [-0.15, -0.1) is 0 Å². The lowest BCUT2D eigenvalue weighted by Crippen LogP contribution is -2.15. The van der Waals surface area contributed by atoms with Crippen LogP contribution < -0.4 is 10.1 Å². The topological polar surface area (TPSA) is 81.2 Å². The van der Waals surface area contributed by atoms with Gasteiger partial charge in [-0.1, -0.05) is 24.3 Å². The van der Waals surface area contributed by atoms with Crippen LogP contribution >= 0.6 is 0 Å². The van der Waals surface area contributed by atoms with E-state index in [0.29, 0.717) is 5.95 Å². The molecule has 1 atom stereocenters. The van der Waals surface area contributed by atoms with Gasteiger partial charge in [0.25, 0.3) is 0 Å². The standard InChI is InChI=1S/C20H21N3O3S/c1-14-12-21-20(22-13-14)23-19(15-7-9-17(26-2)10-8-15)16-5-4-6-18(11-16)27(3,24)25/h4-13,19H,1-3H3,(H,21,22,23). The van der Waals surface area contributed by atoms with Crippen molar-refractivity contribution in [2.24, 2.45) is 0 Å². The van der Waals surface area contributed by atoms with Gasteiger partial charge in [0.15, 0.2) is 9.84 Å². The predicted molar refractivity (Wildman–Crippen MR) is 105 cm³/mol. The highest BCUT2D eigenvalue weighted by atomic mass is 32.2. The van der Waals surface area contributed by atoms with Gasteiger partial charge in [0.05, 0.1) is 18.0 Å². The fourth-order valence-corrected chi connectivity index (χ4v) is 3.35. The highest BCUT2D eigenvalue weighted by molar-refractivity contribution is 7.90. The number of aromatic nitrogens is 2. The molecule has 3 rings (SSSR count). The van der Waals surface area contributed by atoms with Crippen LogP contribution in [-0.2, 0) is 9.84 Å². The second-order valence-corrected chi connectivity index (χ2v) is 8.29. The molecule has 6 nitrogen and oxygen atoms in total. The number of hydrogen-bond donors (Lipinski definition) is 1. The van der Waals surface area contributed by atoms with E-state index >= 15 is 0 Å². The minimum Gasteiger partial charge on any atom is -0.497 e. The maximum Gasteiger partial charge on any atom is 0.223 e. The average molecular weight is 383 g/mol. The summed E-state index contributed by atoms with van der Waals surface area (Å²) in [6.07, 6.45) is 4.66. The Morgan fingerprint density at radius 1 is 1.00 bits per heavy atom. The molecular formula is C20H21N3O3S. The van der Waals surface area contributed by atoms with Crippen molar-refractivity contribution in [2.45, 2.75) is 17.9 Å². The molecular weight excluding hydrogens is 362 g/mol. The molecule has 1 unspecified atom stereocenters. The number of hydrogen-bond acceptors (Lipinski definition) is 6. The molecule has 0 aliphatic carbocycles. The minimum atomic E-state index is -3.31. The van der Waals surface area contributed by atoms with E-state index in [1.165, 1.54) is 6.26 Å². The molecule has 140 valence electrons. The molecule has 2 aromatic carbocycles. The van der Waals surface area contributed by atoms with Crippen molar-refractivity contribution in [3.8, 4) is 5.75 Å². The number of nitrogens with one attached hydrogen (secondary N) is 1. The van der Waals surface area contributed by atoms with Gasteiger partial charge in [0.2, 0.25) is 5.95 Å². The zero-order valence-corrected chi connectivity index (χ0v) is 16.2. The van der Waals surface area contributed by atoms with Gasteiger partial charge >= 0.3 is 0 Å². The van der Waals surface area contributed by atoms with Crippen LogP contribution in [-0.4, -0.2) is 31.8 Å². The molecule has 27 heavy (non-hydrogen) atoms. The van der Waals surface area contributed by atoms with Gasteiger partial charge in [-0.3, -0.25) is 0 Å². The summed E-state index contributed by atoms with van der Waals surface area (Å²) in [5.74, 6) is 1.21. The summed E-state index contributed by atoms with van der Waals surface area (Å²) in [5, 5.41) is 3.30. The predicted octanol–water partition coefficient (Wildman–Crippen LogP) is 3.40. The van der Waals surface area contributed by atoms with Crippen LogP contribution in [0.25, 0.3) is 0 Å². The van der Waals surface area contributed by atoms with E-state index in [1.807, 2.05) is 37.3 Å². The van der Waals surface area contributed by atoms with Gasteiger partial charge in [-0.25, -0.2) is 18.4 Å². The van der Waals surface area contributed by atoms with Crippen LogP contribution in [0, 0.1) is 6.92 Å². The Labute approximate surface area is 159 Å². The Morgan fingerprint density at radius 2 is 1.67 bits per heavy atom. The van der Waals surface area contributed by atoms with Crippen LogP contribution in [0.4, 0.5) is 5.95 Å². The molecule has 3 aromatic rings. The van der Waals surface area contributed by atoms with Gasteiger partial charge in [0.1, 0.15) is 5.75 Å². The zero-order chi connectivity index (χ0) is 19.4. The summed E-state index contributed by atoms with van der Waals surface area (Å²) in [6, 6.07) is 14.1. The summed E-state index contributed by atoms with van der Waals surface area (Å²) >= 11 is 0. The summed E-state index contributed by atoms with van der Waals surface area (Å²) in [5.41, 5.74) is 2.69. The maximum absolute atomic E-state index is 12.0. The second-order valence-electron chi connectivity index (χ2n) is 6.28. The highest BCUT2D eigenvalue weighted by Gasteiger charge is 2.18. The van der Waals surface area contributed by atoms with E-state index in [4.69, 9.17) is 4.74 Å². The number of benzene rings is 2. The first-order valence-electron chi connectivity index (χ1n) is 8.36. The second kappa shape index (κ2) is 7.75. The van der Waals surface area contributed by atoms with Crippen molar-refractivity contribution in [1.82, 2.24) is 9.97 Å². The number of rotatable bonds is 6. The maximum atomic E-state index is 12.0. The van der Waals surface area contributed by atoms with Crippen molar-refractivity contribution in [1.29, 1.82) is 0 Å². The first kappa shape index (κ1) is 18.8. The first-order chi connectivity index (χ1) is 12.9. The Bertz CT molecular complexity index is 1020. The summed E-state index contributed by atoms with van der Waals surface area (Å²) in [7, 11) is -1.70. The number of anilines is 1. The monoisotopic (exact) mass is 383 g/mol. The van der Waals surface area contributed by atoms with Gasteiger partial charge in [-0.2, -0.15) is 0 Å². The number of aryl methyl sites for hydroxylation is 1. The summed E-state index contributed by atoms with van der Waals surface area (Å²) in [4.78, 5) is 8.89. The number of nitrogens with zero attached hydrogens (tertiary/aromatic N) is 2. The highest BCUT2D eigenvalue weighted by Crippen LogP contribution is 2.28. The molecule has 0 aliphatic rings. The fraction of sp³-hybridized carbons (Fsp3) is 0.200. The summed E-state index contributed by atoms with van der Waals surface area (Å²) < 4.78 is 29.1. The first-order valence-corrected chi connectivity index (χ1v) is 10.2. The number of methoxy groups -OCH3 is 1. The van der Waals surface area contributed by atoms with E-state index in [-0.39, 0.29) is 10.9 Å². The van der Waals surface area contributed by atoms with Crippen LogP contribution in [0.2, 0.25) is 0 Å². The Kier molecular flexibility index (Phi) is 5.41. The number of sulfone groups is 1.